The zero-order valence-corrected chi connectivity index (χ0v) is 13.3. The predicted molar refractivity (Wildman–Crippen MR) is 85.4 cm³/mol. The molecule has 0 amide bonds. The van der Waals surface area contributed by atoms with E-state index in [9.17, 15) is 0 Å². The van der Waals surface area contributed by atoms with Crippen LogP contribution in [0.15, 0.2) is 6.07 Å². The summed E-state index contributed by atoms with van der Waals surface area (Å²) in [6.07, 6.45) is 5.30. The van der Waals surface area contributed by atoms with Crippen LogP contribution in [-0.4, -0.2) is 29.1 Å². The average molecular weight is 276 g/mol. The second-order valence-corrected chi connectivity index (χ2v) is 6.17. The molecule has 2 rings (SSSR count). The van der Waals surface area contributed by atoms with Crippen LogP contribution >= 0.6 is 0 Å². The highest BCUT2D eigenvalue weighted by Gasteiger charge is 2.24. The molecule has 1 aromatic heterocycles. The summed E-state index contributed by atoms with van der Waals surface area (Å²) in [5.74, 6) is 3.54. The first-order chi connectivity index (χ1) is 9.60. The van der Waals surface area contributed by atoms with Crippen molar-refractivity contribution in [1.82, 2.24) is 9.97 Å². The first kappa shape index (κ1) is 15.1. The Hall–Kier alpha value is -1.32. The fourth-order valence-electron chi connectivity index (χ4n) is 3.01. The van der Waals surface area contributed by atoms with Crippen molar-refractivity contribution >= 4 is 11.6 Å². The van der Waals surface area contributed by atoms with E-state index in [0.29, 0.717) is 12.0 Å². The van der Waals surface area contributed by atoms with Crippen molar-refractivity contribution in [1.29, 1.82) is 0 Å². The quantitative estimate of drug-likeness (QED) is 0.861. The van der Waals surface area contributed by atoms with Crippen LogP contribution in [0.1, 0.15) is 52.3 Å². The highest BCUT2D eigenvalue weighted by Crippen LogP contribution is 2.29. The molecule has 112 valence electrons. The fraction of sp³-hybridized carbons (Fsp3) is 0.750. The number of nitrogens with zero attached hydrogens (tertiary/aromatic N) is 3. The van der Waals surface area contributed by atoms with Gasteiger partial charge in [0.1, 0.15) is 17.5 Å². The zero-order chi connectivity index (χ0) is 14.5. The lowest BCUT2D eigenvalue weighted by Crippen LogP contribution is -2.37. The van der Waals surface area contributed by atoms with Crippen molar-refractivity contribution in [2.45, 2.75) is 59.4 Å². The Bertz CT molecular complexity index is 424. The van der Waals surface area contributed by atoms with Crippen molar-refractivity contribution in [2.24, 2.45) is 5.92 Å². The van der Waals surface area contributed by atoms with Crippen LogP contribution in [0.3, 0.4) is 0 Å². The molecule has 1 saturated carbocycles. The molecule has 0 saturated heterocycles. The minimum atomic E-state index is 0.647. The Kier molecular flexibility index (Phi) is 5.21. The third-order valence-electron chi connectivity index (χ3n) is 3.80. The molecule has 4 nitrogen and oxygen atoms in total. The minimum absolute atomic E-state index is 0.647. The van der Waals surface area contributed by atoms with E-state index in [1.807, 2.05) is 6.92 Å². The molecule has 1 aromatic rings. The van der Waals surface area contributed by atoms with Crippen LogP contribution < -0.4 is 10.2 Å². The van der Waals surface area contributed by atoms with E-state index in [1.165, 1.54) is 25.7 Å². The van der Waals surface area contributed by atoms with E-state index < -0.39 is 0 Å². The van der Waals surface area contributed by atoms with Gasteiger partial charge in [-0.2, -0.15) is 0 Å². The summed E-state index contributed by atoms with van der Waals surface area (Å²) in [6.45, 7) is 10.6. The summed E-state index contributed by atoms with van der Waals surface area (Å²) in [4.78, 5) is 11.7. The molecular formula is C16H28N4. The summed E-state index contributed by atoms with van der Waals surface area (Å²) < 4.78 is 0. The fourth-order valence-corrected chi connectivity index (χ4v) is 3.01. The lowest BCUT2D eigenvalue weighted by Gasteiger charge is -2.32. The SMILES string of the molecule is CCNc1cc(N(CC(C)C)C2CCCC2)nc(C)n1. The lowest BCUT2D eigenvalue weighted by molar-refractivity contribution is 0.530. The molecule has 0 aromatic carbocycles. The Morgan fingerprint density at radius 3 is 2.60 bits per heavy atom. The smallest absolute Gasteiger partial charge is 0.134 e. The van der Waals surface area contributed by atoms with E-state index >= 15 is 0 Å². The molecule has 0 atom stereocenters. The van der Waals surface area contributed by atoms with E-state index in [-0.39, 0.29) is 0 Å². The molecule has 0 bridgehead atoms. The zero-order valence-electron chi connectivity index (χ0n) is 13.3. The largest absolute Gasteiger partial charge is 0.370 e. The molecule has 1 N–H and O–H groups in total. The van der Waals surface area contributed by atoms with Gasteiger partial charge in [0.05, 0.1) is 0 Å². The predicted octanol–water partition coefficient (Wildman–Crippen LogP) is 3.62. The minimum Gasteiger partial charge on any atom is -0.370 e. The third kappa shape index (κ3) is 3.84. The summed E-state index contributed by atoms with van der Waals surface area (Å²) in [5.41, 5.74) is 0. The maximum atomic E-state index is 4.69. The normalized spacial score (nSPS) is 15.8. The van der Waals surface area contributed by atoms with Gasteiger partial charge in [-0.3, -0.25) is 0 Å². The number of nitrogens with one attached hydrogen (secondary N) is 1. The van der Waals surface area contributed by atoms with Crippen LogP contribution in [0.4, 0.5) is 11.6 Å². The highest BCUT2D eigenvalue weighted by atomic mass is 15.2. The molecule has 0 aliphatic heterocycles. The highest BCUT2D eigenvalue weighted by molar-refractivity contribution is 5.50. The topological polar surface area (TPSA) is 41.0 Å². The maximum absolute atomic E-state index is 4.69. The van der Waals surface area contributed by atoms with Gasteiger partial charge in [0, 0.05) is 25.2 Å². The number of anilines is 2. The van der Waals surface area contributed by atoms with Gasteiger partial charge in [-0.05, 0) is 32.6 Å². The van der Waals surface area contributed by atoms with Crippen molar-refractivity contribution < 1.29 is 0 Å². The van der Waals surface area contributed by atoms with E-state index in [0.717, 1.165) is 30.5 Å². The summed E-state index contributed by atoms with van der Waals surface area (Å²) >= 11 is 0. The van der Waals surface area contributed by atoms with Crippen LogP contribution in [-0.2, 0) is 0 Å². The van der Waals surface area contributed by atoms with Gasteiger partial charge in [-0.1, -0.05) is 26.7 Å². The average Bonchev–Trinajstić information content (AvgIpc) is 2.89. The second-order valence-electron chi connectivity index (χ2n) is 6.17. The van der Waals surface area contributed by atoms with Crippen LogP contribution in [0.25, 0.3) is 0 Å². The number of aryl methyl sites for hydroxylation is 1. The second kappa shape index (κ2) is 6.91. The molecule has 0 radical (unpaired) electrons. The van der Waals surface area contributed by atoms with Crippen LogP contribution in [0.5, 0.6) is 0 Å². The standard InChI is InChI=1S/C16H28N4/c1-5-17-15-10-16(19-13(4)18-15)20(11-12(2)3)14-8-6-7-9-14/h10,12,14H,5-9,11H2,1-4H3,(H,17,18,19). The van der Waals surface area contributed by atoms with E-state index in [1.54, 1.807) is 0 Å². The molecule has 4 heteroatoms. The van der Waals surface area contributed by atoms with Crippen molar-refractivity contribution in [3.63, 3.8) is 0 Å². The van der Waals surface area contributed by atoms with Gasteiger partial charge in [0.15, 0.2) is 0 Å². The Labute approximate surface area is 123 Å². The van der Waals surface area contributed by atoms with Crippen molar-refractivity contribution in [2.75, 3.05) is 23.3 Å². The molecule has 20 heavy (non-hydrogen) atoms. The molecule has 1 aliphatic rings. The first-order valence-electron chi connectivity index (χ1n) is 7.96. The molecule has 1 aliphatic carbocycles. The monoisotopic (exact) mass is 276 g/mol. The van der Waals surface area contributed by atoms with Crippen LogP contribution in [0.2, 0.25) is 0 Å². The lowest BCUT2D eigenvalue weighted by atomic mass is 10.1. The van der Waals surface area contributed by atoms with E-state index in [4.69, 9.17) is 0 Å². The number of hydrogen-bond acceptors (Lipinski definition) is 4. The number of aromatic nitrogens is 2. The maximum Gasteiger partial charge on any atom is 0.134 e. The van der Waals surface area contributed by atoms with Gasteiger partial charge >= 0.3 is 0 Å². The van der Waals surface area contributed by atoms with E-state index in [2.05, 4.69) is 47.0 Å². The third-order valence-corrected chi connectivity index (χ3v) is 3.80. The van der Waals surface area contributed by atoms with Gasteiger partial charge in [0.25, 0.3) is 0 Å². The summed E-state index contributed by atoms with van der Waals surface area (Å²) in [6, 6.07) is 2.76. The molecule has 0 spiro atoms. The molecular weight excluding hydrogens is 248 g/mol. The van der Waals surface area contributed by atoms with Crippen LogP contribution in [0, 0.1) is 12.8 Å². The Morgan fingerprint density at radius 2 is 2.00 bits per heavy atom. The molecule has 1 fully saturated rings. The van der Waals surface area contributed by atoms with Crippen molar-refractivity contribution in [3.05, 3.63) is 11.9 Å². The van der Waals surface area contributed by atoms with Gasteiger partial charge in [-0.15, -0.1) is 0 Å². The summed E-state index contributed by atoms with van der Waals surface area (Å²) in [5, 5.41) is 3.31. The van der Waals surface area contributed by atoms with Gasteiger partial charge in [0.2, 0.25) is 0 Å². The molecule has 0 unspecified atom stereocenters. The van der Waals surface area contributed by atoms with Crippen molar-refractivity contribution in [3.8, 4) is 0 Å². The number of rotatable bonds is 6. The van der Waals surface area contributed by atoms with Gasteiger partial charge in [-0.25, -0.2) is 9.97 Å². The number of hydrogen-bond donors (Lipinski definition) is 1. The summed E-state index contributed by atoms with van der Waals surface area (Å²) in [7, 11) is 0. The Balaban J connectivity index is 2.26. The first-order valence-corrected chi connectivity index (χ1v) is 7.96. The Morgan fingerprint density at radius 1 is 1.30 bits per heavy atom. The molecule has 1 heterocycles. The van der Waals surface area contributed by atoms with Gasteiger partial charge < -0.3 is 10.2 Å².